The van der Waals surface area contributed by atoms with Crippen LogP contribution in [0, 0.1) is 35.5 Å². The largest absolute Gasteiger partial charge is 0.359 e. The van der Waals surface area contributed by atoms with Crippen molar-refractivity contribution < 1.29 is 39.9 Å². The van der Waals surface area contributed by atoms with E-state index < -0.39 is 79.8 Å². The molecule has 35 heavy (non-hydrogen) atoms. The molecular weight excluding hydrogens is 480 g/mol. The van der Waals surface area contributed by atoms with Gasteiger partial charge >= 0.3 is 6.11 Å². The lowest BCUT2D eigenvalue weighted by atomic mass is 9.64. The Morgan fingerprint density at radius 3 is 1.63 bits per heavy atom. The first kappa shape index (κ1) is 27.4. The molecule has 0 radical (unpaired) electrons. The number of alkyl halides is 8. The van der Waals surface area contributed by atoms with E-state index >= 15 is 4.39 Å². The van der Waals surface area contributed by atoms with Crippen molar-refractivity contribution in [1.29, 1.82) is 0 Å². The molecule has 0 heterocycles. The number of hydrogen-bond acceptors (Lipinski definition) is 1. The van der Waals surface area contributed by atoms with Gasteiger partial charge in [0.05, 0.1) is 5.92 Å². The zero-order valence-electron chi connectivity index (χ0n) is 20.2. The van der Waals surface area contributed by atoms with Crippen molar-refractivity contribution in [3.05, 3.63) is 0 Å². The van der Waals surface area contributed by atoms with Gasteiger partial charge in [0.25, 0.3) is 0 Å². The van der Waals surface area contributed by atoms with Crippen LogP contribution >= 0.6 is 0 Å². The monoisotopic (exact) mass is 518 g/mol. The molecule has 0 amide bonds. The summed E-state index contributed by atoms with van der Waals surface area (Å²) in [7, 11) is 0. The summed E-state index contributed by atoms with van der Waals surface area (Å²) in [6, 6.07) is 0. The molecule has 9 heteroatoms. The molecule has 4 rings (SSSR count). The van der Waals surface area contributed by atoms with Crippen LogP contribution in [0.15, 0.2) is 0 Å². The zero-order valence-corrected chi connectivity index (χ0v) is 20.2. The second-order valence-electron chi connectivity index (χ2n) is 11.8. The number of hydrogen-bond donors (Lipinski definition) is 0. The molecule has 7 unspecified atom stereocenters. The summed E-state index contributed by atoms with van der Waals surface area (Å²) in [5.41, 5.74) is 0. The van der Waals surface area contributed by atoms with E-state index in [0.29, 0.717) is 24.7 Å². The molecule has 4 saturated carbocycles. The molecule has 4 fully saturated rings. The third kappa shape index (κ3) is 6.11. The van der Waals surface area contributed by atoms with Gasteiger partial charge in [-0.1, -0.05) is 19.8 Å². The normalized spacial score (nSPS) is 50.1. The van der Waals surface area contributed by atoms with Crippen molar-refractivity contribution in [2.24, 2.45) is 35.5 Å². The van der Waals surface area contributed by atoms with Gasteiger partial charge in [-0.25, -0.2) is 26.3 Å². The summed E-state index contributed by atoms with van der Waals surface area (Å²) in [6.45, 7) is 2.23. The number of ether oxygens (including phenoxy) is 1. The van der Waals surface area contributed by atoms with Gasteiger partial charge in [-0.15, -0.1) is 0 Å². The first-order chi connectivity index (χ1) is 16.5. The Kier molecular flexibility index (Phi) is 8.64. The fourth-order valence-corrected chi connectivity index (χ4v) is 7.23. The lowest BCUT2D eigenvalue weighted by molar-refractivity contribution is -0.322. The van der Waals surface area contributed by atoms with E-state index in [9.17, 15) is 30.7 Å². The fraction of sp³-hybridized carbons (Fsp3) is 1.00. The van der Waals surface area contributed by atoms with E-state index in [1.807, 2.05) is 0 Å². The lowest BCUT2D eigenvalue weighted by Gasteiger charge is -2.45. The minimum atomic E-state index is -4.20. The van der Waals surface area contributed by atoms with Crippen LogP contribution in [0.2, 0.25) is 0 Å². The standard InChI is InChI=1S/C26H38F8O/c1-13-2-4-14(5-3-13)15-6-7-18(19(27)8-15)16-9-22(30)25(23(31)10-16)35-26(33,34)17-11-20(28)24(32)21(29)12-17/h13-25H,2-12H2,1H3. The topological polar surface area (TPSA) is 9.23 Å². The van der Waals surface area contributed by atoms with Crippen molar-refractivity contribution in [2.45, 2.75) is 127 Å². The van der Waals surface area contributed by atoms with Gasteiger partial charge in [-0.05, 0) is 87.4 Å². The summed E-state index contributed by atoms with van der Waals surface area (Å²) >= 11 is 0. The molecule has 0 aromatic carbocycles. The highest BCUT2D eigenvalue weighted by Gasteiger charge is 2.54. The molecule has 0 aromatic rings. The van der Waals surface area contributed by atoms with E-state index in [1.54, 1.807) is 0 Å². The molecule has 1 nitrogen and oxygen atoms in total. The number of rotatable bonds is 5. The van der Waals surface area contributed by atoms with E-state index in [0.717, 1.165) is 32.1 Å². The minimum absolute atomic E-state index is 0.285. The van der Waals surface area contributed by atoms with Gasteiger partial charge in [0.1, 0.15) is 37.0 Å². The van der Waals surface area contributed by atoms with E-state index in [1.165, 1.54) is 0 Å². The first-order valence-corrected chi connectivity index (χ1v) is 13.4. The van der Waals surface area contributed by atoms with E-state index in [4.69, 9.17) is 0 Å². The summed E-state index contributed by atoms with van der Waals surface area (Å²) in [5.74, 6) is -1.64. The Morgan fingerprint density at radius 2 is 1.09 bits per heavy atom. The van der Waals surface area contributed by atoms with Crippen molar-refractivity contribution >= 4 is 0 Å². The average Bonchev–Trinajstić information content (AvgIpc) is 2.80. The molecule has 4 aliphatic rings. The van der Waals surface area contributed by atoms with Gasteiger partial charge in [-0.3, -0.25) is 0 Å². The van der Waals surface area contributed by atoms with Crippen LogP contribution in [-0.2, 0) is 4.74 Å². The Morgan fingerprint density at radius 1 is 0.571 bits per heavy atom. The molecule has 4 aliphatic carbocycles. The molecule has 0 spiro atoms. The highest BCUT2D eigenvalue weighted by Crippen LogP contribution is 2.49. The van der Waals surface area contributed by atoms with Crippen LogP contribution in [0.25, 0.3) is 0 Å². The highest BCUT2D eigenvalue weighted by atomic mass is 19.3. The quantitative estimate of drug-likeness (QED) is 0.335. The minimum Gasteiger partial charge on any atom is -0.311 e. The maximum Gasteiger partial charge on any atom is 0.359 e. The number of halogens is 8. The van der Waals surface area contributed by atoms with Crippen molar-refractivity contribution in [3.63, 3.8) is 0 Å². The average molecular weight is 519 g/mol. The Hall–Kier alpha value is -0.600. The molecule has 7 atom stereocenters. The van der Waals surface area contributed by atoms with Crippen LogP contribution in [0.5, 0.6) is 0 Å². The fourth-order valence-electron chi connectivity index (χ4n) is 7.23. The predicted molar refractivity (Wildman–Crippen MR) is 117 cm³/mol. The van der Waals surface area contributed by atoms with Crippen LogP contribution in [0.4, 0.5) is 35.1 Å². The zero-order chi connectivity index (χ0) is 25.5. The van der Waals surface area contributed by atoms with Crippen LogP contribution in [0.3, 0.4) is 0 Å². The van der Waals surface area contributed by atoms with Gasteiger partial charge in [0.15, 0.2) is 6.17 Å². The Bertz CT molecular complexity index is 662. The summed E-state index contributed by atoms with van der Waals surface area (Å²) in [4.78, 5) is 0. The molecule has 0 aliphatic heterocycles. The Balaban J connectivity index is 1.31. The molecule has 204 valence electrons. The van der Waals surface area contributed by atoms with E-state index in [-0.39, 0.29) is 18.8 Å². The third-order valence-corrected chi connectivity index (χ3v) is 9.44. The van der Waals surface area contributed by atoms with Crippen LogP contribution in [0.1, 0.15) is 77.6 Å². The first-order valence-electron chi connectivity index (χ1n) is 13.4. The second-order valence-corrected chi connectivity index (χ2v) is 11.8. The second kappa shape index (κ2) is 11.0. The van der Waals surface area contributed by atoms with E-state index in [2.05, 4.69) is 11.7 Å². The molecule has 0 N–H and O–H groups in total. The summed E-state index contributed by atoms with van der Waals surface area (Å²) in [5, 5.41) is 0. The maximum absolute atomic E-state index is 15.2. The molecule has 0 aromatic heterocycles. The maximum atomic E-state index is 15.2. The van der Waals surface area contributed by atoms with Gasteiger partial charge in [0.2, 0.25) is 0 Å². The molecule has 0 bridgehead atoms. The molecule has 0 saturated heterocycles. The van der Waals surface area contributed by atoms with Crippen molar-refractivity contribution in [1.82, 2.24) is 0 Å². The van der Waals surface area contributed by atoms with Crippen LogP contribution in [-0.4, -0.2) is 49.2 Å². The summed E-state index contributed by atoms with van der Waals surface area (Å²) < 4.78 is 119. The highest BCUT2D eigenvalue weighted by molar-refractivity contribution is 4.97. The van der Waals surface area contributed by atoms with Crippen molar-refractivity contribution in [3.8, 4) is 0 Å². The van der Waals surface area contributed by atoms with Crippen molar-refractivity contribution in [2.75, 3.05) is 0 Å². The molecular formula is C26H38F8O. The summed E-state index contributed by atoms with van der Waals surface area (Å²) in [6.07, 6.45) is -15.3. The van der Waals surface area contributed by atoms with Gasteiger partial charge < -0.3 is 4.74 Å². The Labute approximate surface area is 202 Å². The van der Waals surface area contributed by atoms with Crippen LogP contribution < -0.4 is 0 Å². The van der Waals surface area contributed by atoms with Gasteiger partial charge in [-0.2, -0.15) is 8.78 Å². The third-order valence-electron chi connectivity index (χ3n) is 9.44. The smallest absolute Gasteiger partial charge is 0.311 e. The SMILES string of the molecule is CC1CCC(C2CCC(C3CC(F)C(OC(F)(F)C4CC(F)C(F)C(F)C4)C(F)C3)C(F)C2)CC1. The van der Waals surface area contributed by atoms with Gasteiger partial charge in [0, 0.05) is 0 Å². The lowest BCUT2D eigenvalue weighted by Crippen LogP contribution is -2.52. The predicted octanol–water partition coefficient (Wildman–Crippen LogP) is 8.06.